The summed E-state index contributed by atoms with van der Waals surface area (Å²) < 4.78 is 0. The van der Waals surface area contributed by atoms with Crippen LogP contribution in [-0.4, -0.2) is 16.8 Å². The molecule has 2 nitrogen and oxygen atoms in total. The first kappa shape index (κ1) is 19.9. The summed E-state index contributed by atoms with van der Waals surface area (Å²) >= 11 is 0. The summed E-state index contributed by atoms with van der Waals surface area (Å²) in [4.78, 5) is 0. The van der Waals surface area contributed by atoms with E-state index in [4.69, 9.17) is 0 Å². The van der Waals surface area contributed by atoms with E-state index in [0.717, 1.165) is 30.4 Å². The van der Waals surface area contributed by atoms with E-state index >= 15 is 0 Å². The number of phenols is 1. The lowest BCUT2D eigenvalue weighted by molar-refractivity contribution is 0.290. The minimum absolute atomic E-state index is 0.162. The average Bonchev–Trinajstić information content (AvgIpc) is 2.73. The molecule has 2 N–H and O–H groups in total. The molecule has 0 aliphatic carbocycles. The molecule has 0 amide bonds. The Morgan fingerprint density at radius 3 is 2.18 bits per heavy atom. The SMILES string of the molecule is CCCc1cccc(/C(=C(/CCCO)c2ccccc2)c2ccc(O)cc2)c1. The molecule has 0 spiro atoms. The Kier molecular flexibility index (Phi) is 7.05. The molecule has 0 atom stereocenters. The summed E-state index contributed by atoms with van der Waals surface area (Å²) in [6.07, 6.45) is 3.65. The van der Waals surface area contributed by atoms with Crippen molar-refractivity contribution in [3.63, 3.8) is 0 Å². The van der Waals surface area contributed by atoms with Crippen molar-refractivity contribution in [2.24, 2.45) is 0 Å². The molecule has 3 aromatic rings. The first-order chi connectivity index (χ1) is 13.7. The lowest BCUT2D eigenvalue weighted by Crippen LogP contribution is -1.98. The van der Waals surface area contributed by atoms with Crippen molar-refractivity contribution in [2.45, 2.75) is 32.6 Å². The Hall–Kier alpha value is -2.84. The highest BCUT2D eigenvalue weighted by atomic mass is 16.3. The Labute approximate surface area is 167 Å². The number of aryl methyl sites for hydroxylation is 1. The number of allylic oxidation sites excluding steroid dienone is 1. The highest BCUT2D eigenvalue weighted by Gasteiger charge is 2.14. The molecule has 28 heavy (non-hydrogen) atoms. The van der Waals surface area contributed by atoms with E-state index in [2.05, 4.69) is 55.5 Å². The number of aliphatic hydroxyl groups is 1. The Bertz CT molecular complexity index is 909. The molecule has 0 aliphatic rings. The number of aliphatic hydroxyl groups excluding tert-OH is 1. The maximum atomic E-state index is 9.77. The molecular weight excluding hydrogens is 344 g/mol. The molecule has 3 rings (SSSR count). The van der Waals surface area contributed by atoms with Gasteiger partial charge in [-0.05, 0) is 64.8 Å². The lowest BCUT2D eigenvalue weighted by Gasteiger charge is -2.18. The molecule has 2 heteroatoms. The van der Waals surface area contributed by atoms with Crippen LogP contribution in [0.3, 0.4) is 0 Å². The van der Waals surface area contributed by atoms with Gasteiger partial charge in [0, 0.05) is 6.61 Å². The van der Waals surface area contributed by atoms with Gasteiger partial charge in [-0.2, -0.15) is 0 Å². The number of benzene rings is 3. The fourth-order valence-electron chi connectivity index (χ4n) is 3.62. The van der Waals surface area contributed by atoms with Gasteiger partial charge < -0.3 is 10.2 Å². The molecule has 0 aromatic heterocycles. The lowest BCUT2D eigenvalue weighted by atomic mass is 9.86. The molecule has 0 bridgehead atoms. The zero-order valence-electron chi connectivity index (χ0n) is 16.4. The van der Waals surface area contributed by atoms with Crippen LogP contribution in [-0.2, 0) is 6.42 Å². The van der Waals surface area contributed by atoms with Crippen molar-refractivity contribution in [3.8, 4) is 5.75 Å². The normalized spacial score (nSPS) is 11.9. The van der Waals surface area contributed by atoms with Crippen LogP contribution >= 0.6 is 0 Å². The number of phenolic OH excluding ortho intramolecular Hbond substituents is 1. The van der Waals surface area contributed by atoms with E-state index in [1.807, 2.05) is 18.2 Å². The Morgan fingerprint density at radius 1 is 0.786 bits per heavy atom. The Balaban J connectivity index is 2.24. The molecule has 0 fully saturated rings. The van der Waals surface area contributed by atoms with Crippen LogP contribution in [0.1, 0.15) is 48.4 Å². The second-order valence-electron chi connectivity index (χ2n) is 7.04. The number of hydrogen-bond acceptors (Lipinski definition) is 2. The second kappa shape index (κ2) is 9.91. The minimum Gasteiger partial charge on any atom is -0.508 e. The van der Waals surface area contributed by atoms with E-state index in [1.54, 1.807) is 12.1 Å². The predicted octanol–water partition coefficient (Wildman–Crippen LogP) is 6.08. The summed E-state index contributed by atoms with van der Waals surface area (Å²) in [5.74, 6) is 0.263. The van der Waals surface area contributed by atoms with Crippen molar-refractivity contribution >= 4 is 11.1 Å². The van der Waals surface area contributed by atoms with Crippen LogP contribution < -0.4 is 0 Å². The maximum absolute atomic E-state index is 9.77. The van der Waals surface area contributed by atoms with Crippen LogP contribution in [0.25, 0.3) is 11.1 Å². The molecule has 0 aliphatic heterocycles. The number of rotatable bonds is 8. The third-order valence-corrected chi connectivity index (χ3v) is 4.92. The summed E-state index contributed by atoms with van der Waals surface area (Å²) in [5, 5.41) is 19.3. The van der Waals surface area contributed by atoms with Gasteiger partial charge in [-0.25, -0.2) is 0 Å². The highest BCUT2D eigenvalue weighted by Crippen LogP contribution is 2.36. The third-order valence-electron chi connectivity index (χ3n) is 4.92. The van der Waals surface area contributed by atoms with Gasteiger partial charge >= 0.3 is 0 Å². The monoisotopic (exact) mass is 372 g/mol. The Morgan fingerprint density at radius 2 is 1.50 bits per heavy atom. The largest absolute Gasteiger partial charge is 0.508 e. The molecule has 0 saturated carbocycles. The fraction of sp³-hybridized carbons (Fsp3) is 0.231. The van der Waals surface area contributed by atoms with Gasteiger partial charge in [-0.1, -0.05) is 80.1 Å². The predicted molar refractivity (Wildman–Crippen MR) is 117 cm³/mol. The topological polar surface area (TPSA) is 40.5 Å². The smallest absolute Gasteiger partial charge is 0.115 e. The van der Waals surface area contributed by atoms with Crippen molar-refractivity contribution in [3.05, 3.63) is 101 Å². The van der Waals surface area contributed by atoms with E-state index in [-0.39, 0.29) is 12.4 Å². The number of aromatic hydroxyl groups is 1. The second-order valence-corrected chi connectivity index (χ2v) is 7.04. The summed E-state index contributed by atoms with van der Waals surface area (Å²) in [7, 11) is 0. The van der Waals surface area contributed by atoms with Crippen LogP contribution in [0.5, 0.6) is 5.75 Å². The van der Waals surface area contributed by atoms with Crippen LogP contribution in [0.15, 0.2) is 78.9 Å². The summed E-state index contributed by atoms with van der Waals surface area (Å²) in [6.45, 7) is 2.36. The molecule has 0 radical (unpaired) electrons. The first-order valence-corrected chi connectivity index (χ1v) is 10.0. The average molecular weight is 373 g/mol. The number of hydrogen-bond donors (Lipinski definition) is 2. The zero-order chi connectivity index (χ0) is 19.8. The van der Waals surface area contributed by atoms with Gasteiger partial charge in [0.2, 0.25) is 0 Å². The van der Waals surface area contributed by atoms with E-state index in [0.29, 0.717) is 6.42 Å². The molecule has 0 heterocycles. The van der Waals surface area contributed by atoms with Gasteiger partial charge in [0.05, 0.1) is 0 Å². The standard InChI is InChI=1S/C26H28O2/c1-2-8-20-9-6-12-23(19-20)26(22-14-16-24(28)17-15-22)25(13-7-18-27)21-10-4-3-5-11-21/h3-6,9-12,14-17,19,27-28H,2,7-8,13,18H2,1H3/b26-25-. The third kappa shape index (κ3) is 4.90. The first-order valence-electron chi connectivity index (χ1n) is 10.0. The van der Waals surface area contributed by atoms with Gasteiger partial charge in [-0.3, -0.25) is 0 Å². The maximum Gasteiger partial charge on any atom is 0.115 e. The van der Waals surface area contributed by atoms with Gasteiger partial charge in [-0.15, -0.1) is 0 Å². The minimum atomic E-state index is 0.162. The highest BCUT2D eigenvalue weighted by molar-refractivity contribution is 5.98. The molecule has 0 saturated heterocycles. The van der Waals surface area contributed by atoms with Crippen LogP contribution in [0, 0.1) is 0 Å². The van der Waals surface area contributed by atoms with Crippen molar-refractivity contribution in [1.82, 2.24) is 0 Å². The molecule has 3 aromatic carbocycles. The van der Waals surface area contributed by atoms with E-state index in [1.165, 1.54) is 22.3 Å². The van der Waals surface area contributed by atoms with Gasteiger partial charge in [0.25, 0.3) is 0 Å². The van der Waals surface area contributed by atoms with Crippen molar-refractivity contribution in [1.29, 1.82) is 0 Å². The van der Waals surface area contributed by atoms with Gasteiger partial charge in [0.15, 0.2) is 0 Å². The molecular formula is C26H28O2. The van der Waals surface area contributed by atoms with Crippen molar-refractivity contribution < 1.29 is 10.2 Å². The van der Waals surface area contributed by atoms with Gasteiger partial charge in [0.1, 0.15) is 5.75 Å². The summed E-state index contributed by atoms with van der Waals surface area (Å²) in [5.41, 5.74) is 7.12. The van der Waals surface area contributed by atoms with Crippen LogP contribution in [0.2, 0.25) is 0 Å². The zero-order valence-corrected chi connectivity index (χ0v) is 16.4. The quantitative estimate of drug-likeness (QED) is 0.471. The van der Waals surface area contributed by atoms with E-state index < -0.39 is 0 Å². The van der Waals surface area contributed by atoms with Crippen molar-refractivity contribution in [2.75, 3.05) is 6.61 Å². The summed E-state index contributed by atoms with van der Waals surface area (Å²) in [6, 6.07) is 26.5. The molecule has 144 valence electrons. The molecule has 0 unspecified atom stereocenters. The van der Waals surface area contributed by atoms with E-state index in [9.17, 15) is 10.2 Å². The fourth-order valence-corrected chi connectivity index (χ4v) is 3.62. The van der Waals surface area contributed by atoms with Crippen LogP contribution in [0.4, 0.5) is 0 Å².